The van der Waals surface area contributed by atoms with Crippen LogP contribution in [-0.4, -0.2) is 36.5 Å². The summed E-state index contributed by atoms with van der Waals surface area (Å²) in [6.45, 7) is 4.30. The van der Waals surface area contributed by atoms with Gasteiger partial charge in [-0.05, 0) is 14.0 Å². The number of rotatable bonds is 0. The molecule has 1 fully saturated rings. The molecule has 2 nitrogen and oxygen atoms in total. The first-order chi connectivity index (χ1) is 4.22. The Morgan fingerprint density at radius 2 is 2.22 bits per heavy atom. The number of likely N-dealkylation sites (N-methyl/N-ethyl adjacent to an activating group) is 1. The number of hydrogen-bond acceptors (Lipinski definition) is 3. The molecule has 2 unspecified atom stereocenters. The minimum absolute atomic E-state index is 0.397. The molecule has 1 rings (SSSR count). The molecular formula is C6H14N2S. The van der Waals surface area contributed by atoms with Gasteiger partial charge in [0, 0.05) is 19.1 Å². The summed E-state index contributed by atoms with van der Waals surface area (Å²) in [5.74, 6) is 0. The SMILES string of the molecule is CC1CNCC(S)N1C. The molecule has 0 amide bonds. The fraction of sp³-hybridized carbons (Fsp3) is 1.00. The van der Waals surface area contributed by atoms with Gasteiger partial charge in [0.05, 0.1) is 5.37 Å². The Morgan fingerprint density at radius 3 is 2.67 bits per heavy atom. The minimum Gasteiger partial charge on any atom is -0.313 e. The summed E-state index contributed by atoms with van der Waals surface area (Å²) in [4.78, 5) is 2.28. The average Bonchev–Trinajstić information content (AvgIpc) is 1.83. The Bertz CT molecular complexity index is 87.1. The van der Waals surface area contributed by atoms with E-state index in [0.717, 1.165) is 13.1 Å². The third-order valence-electron chi connectivity index (χ3n) is 1.93. The maximum absolute atomic E-state index is 4.38. The summed E-state index contributed by atoms with van der Waals surface area (Å²) in [5, 5.41) is 3.69. The zero-order chi connectivity index (χ0) is 6.85. The molecule has 0 spiro atoms. The summed E-state index contributed by atoms with van der Waals surface area (Å²) in [5.41, 5.74) is 0. The van der Waals surface area contributed by atoms with Crippen LogP contribution in [0.3, 0.4) is 0 Å². The zero-order valence-electron chi connectivity index (χ0n) is 5.96. The van der Waals surface area contributed by atoms with Gasteiger partial charge in [-0.15, -0.1) is 0 Å². The number of nitrogens with zero attached hydrogens (tertiary/aromatic N) is 1. The van der Waals surface area contributed by atoms with Gasteiger partial charge in [-0.2, -0.15) is 12.6 Å². The predicted molar refractivity (Wildman–Crippen MR) is 42.9 cm³/mol. The van der Waals surface area contributed by atoms with Gasteiger partial charge in [-0.25, -0.2) is 0 Å². The summed E-state index contributed by atoms with van der Waals surface area (Å²) < 4.78 is 0. The van der Waals surface area contributed by atoms with Gasteiger partial charge < -0.3 is 5.32 Å². The van der Waals surface area contributed by atoms with Crippen LogP contribution >= 0.6 is 12.6 Å². The topological polar surface area (TPSA) is 15.3 Å². The van der Waals surface area contributed by atoms with Gasteiger partial charge in [0.2, 0.25) is 0 Å². The van der Waals surface area contributed by atoms with Crippen molar-refractivity contribution in [1.82, 2.24) is 10.2 Å². The first-order valence-corrected chi connectivity index (χ1v) is 3.84. The lowest BCUT2D eigenvalue weighted by atomic mass is 10.2. The normalized spacial score (nSPS) is 39.0. The molecule has 0 aromatic carbocycles. The number of piperazine rings is 1. The van der Waals surface area contributed by atoms with E-state index in [4.69, 9.17) is 0 Å². The van der Waals surface area contributed by atoms with Gasteiger partial charge >= 0.3 is 0 Å². The maximum Gasteiger partial charge on any atom is 0.0654 e. The van der Waals surface area contributed by atoms with Gasteiger partial charge in [-0.1, -0.05) is 0 Å². The highest BCUT2D eigenvalue weighted by atomic mass is 32.1. The van der Waals surface area contributed by atoms with E-state index in [9.17, 15) is 0 Å². The largest absolute Gasteiger partial charge is 0.313 e. The monoisotopic (exact) mass is 146 g/mol. The van der Waals surface area contributed by atoms with Crippen LogP contribution in [0, 0.1) is 0 Å². The van der Waals surface area contributed by atoms with Crippen LogP contribution in [0.5, 0.6) is 0 Å². The Hall–Kier alpha value is 0.270. The third kappa shape index (κ3) is 1.60. The molecule has 1 aliphatic rings. The standard InChI is InChI=1S/C6H14N2S/c1-5-3-7-4-6(9)8(5)2/h5-7,9H,3-4H2,1-2H3. The molecule has 0 aromatic heterocycles. The van der Waals surface area contributed by atoms with Crippen molar-refractivity contribution in [2.75, 3.05) is 20.1 Å². The first kappa shape index (κ1) is 7.38. The lowest BCUT2D eigenvalue weighted by Gasteiger charge is -2.35. The second-order valence-corrected chi connectivity index (χ2v) is 3.25. The van der Waals surface area contributed by atoms with Crippen molar-refractivity contribution in [3.05, 3.63) is 0 Å². The molecule has 0 aromatic rings. The third-order valence-corrected chi connectivity index (χ3v) is 2.48. The molecule has 2 atom stereocenters. The molecule has 0 saturated carbocycles. The highest BCUT2D eigenvalue weighted by Crippen LogP contribution is 2.08. The van der Waals surface area contributed by atoms with Gasteiger partial charge in [-0.3, -0.25) is 4.90 Å². The van der Waals surface area contributed by atoms with Crippen molar-refractivity contribution in [3.63, 3.8) is 0 Å². The second-order valence-electron chi connectivity index (χ2n) is 2.65. The molecule has 0 radical (unpaired) electrons. The van der Waals surface area contributed by atoms with Crippen LogP contribution in [0.4, 0.5) is 0 Å². The van der Waals surface area contributed by atoms with E-state index in [-0.39, 0.29) is 0 Å². The molecule has 1 N–H and O–H groups in total. The van der Waals surface area contributed by atoms with Gasteiger partial charge in [0.15, 0.2) is 0 Å². The van der Waals surface area contributed by atoms with E-state index < -0.39 is 0 Å². The molecule has 3 heteroatoms. The van der Waals surface area contributed by atoms with Gasteiger partial charge in [0.1, 0.15) is 0 Å². The van der Waals surface area contributed by atoms with Crippen LogP contribution in [0.15, 0.2) is 0 Å². The van der Waals surface area contributed by atoms with E-state index in [1.807, 2.05) is 0 Å². The van der Waals surface area contributed by atoms with E-state index >= 15 is 0 Å². The van der Waals surface area contributed by atoms with E-state index in [1.165, 1.54) is 0 Å². The highest BCUT2D eigenvalue weighted by molar-refractivity contribution is 7.80. The molecular weight excluding hydrogens is 132 g/mol. The second kappa shape index (κ2) is 2.90. The first-order valence-electron chi connectivity index (χ1n) is 3.32. The molecule has 9 heavy (non-hydrogen) atoms. The fourth-order valence-corrected chi connectivity index (χ4v) is 1.36. The summed E-state index contributed by atoms with van der Waals surface area (Å²) in [7, 11) is 2.11. The zero-order valence-corrected chi connectivity index (χ0v) is 6.86. The molecule has 1 aliphatic heterocycles. The lowest BCUT2D eigenvalue weighted by Crippen LogP contribution is -2.51. The van der Waals surface area contributed by atoms with Crippen LogP contribution in [-0.2, 0) is 0 Å². The van der Waals surface area contributed by atoms with Crippen LogP contribution < -0.4 is 5.32 Å². The van der Waals surface area contributed by atoms with Crippen molar-refractivity contribution < 1.29 is 0 Å². The summed E-state index contributed by atoms with van der Waals surface area (Å²) in [6.07, 6.45) is 0. The van der Waals surface area contributed by atoms with Crippen molar-refractivity contribution in [2.24, 2.45) is 0 Å². The molecule has 1 heterocycles. The maximum atomic E-state index is 4.38. The Balaban J connectivity index is 2.41. The van der Waals surface area contributed by atoms with E-state index in [1.54, 1.807) is 0 Å². The highest BCUT2D eigenvalue weighted by Gasteiger charge is 2.20. The molecule has 1 saturated heterocycles. The smallest absolute Gasteiger partial charge is 0.0654 e. The summed E-state index contributed by atoms with van der Waals surface area (Å²) in [6, 6.07) is 0.626. The number of hydrogen-bond donors (Lipinski definition) is 2. The Kier molecular flexibility index (Phi) is 2.38. The minimum atomic E-state index is 0.397. The fourth-order valence-electron chi connectivity index (χ4n) is 1.00. The average molecular weight is 146 g/mol. The number of thiol groups is 1. The van der Waals surface area contributed by atoms with E-state index in [0.29, 0.717) is 11.4 Å². The molecule has 0 aliphatic carbocycles. The van der Waals surface area contributed by atoms with Crippen LogP contribution in [0.2, 0.25) is 0 Å². The van der Waals surface area contributed by atoms with Crippen LogP contribution in [0.1, 0.15) is 6.92 Å². The number of nitrogens with one attached hydrogen (secondary N) is 1. The summed E-state index contributed by atoms with van der Waals surface area (Å²) >= 11 is 4.38. The van der Waals surface area contributed by atoms with E-state index in [2.05, 4.69) is 36.8 Å². The molecule has 0 bridgehead atoms. The van der Waals surface area contributed by atoms with Gasteiger partial charge in [0.25, 0.3) is 0 Å². The van der Waals surface area contributed by atoms with Crippen molar-refractivity contribution in [2.45, 2.75) is 18.3 Å². The van der Waals surface area contributed by atoms with Crippen molar-refractivity contribution in [1.29, 1.82) is 0 Å². The van der Waals surface area contributed by atoms with Crippen LogP contribution in [0.25, 0.3) is 0 Å². The predicted octanol–water partition coefficient (Wildman–Crippen LogP) is 0.166. The Morgan fingerprint density at radius 1 is 1.56 bits per heavy atom. The Labute approximate surface area is 62.0 Å². The lowest BCUT2D eigenvalue weighted by molar-refractivity contribution is 0.195. The molecule has 54 valence electrons. The van der Waals surface area contributed by atoms with Crippen molar-refractivity contribution >= 4 is 12.6 Å². The quantitative estimate of drug-likeness (QED) is 0.474. The van der Waals surface area contributed by atoms with Crippen molar-refractivity contribution in [3.8, 4) is 0 Å².